The van der Waals surface area contributed by atoms with Crippen molar-refractivity contribution >= 4 is 5.91 Å². The molecule has 28 heavy (non-hydrogen) atoms. The Kier molecular flexibility index (Phi) is 5.97. The summed E-state index contributed by atoms with van der Waals surface area (Å²) in [4.78, 5) is 17.0. The van der Waals surface area contributed by atoms with Crippen LogP contribution in [-0.2, 0) is 29.0 Å². The Hall–Kier alpha value is -2.32. The molecule has 1 aliphatic heterocycles. The second-order valence-electron chi connectivity index (χ2n) is 7.57. The van der Waals surface area contributed by atoms with Crippen LogP contribution in [0.2, 0.25) is 0 Å². The number of tetrazole rings is 1. The largest absolute Gasteiger partial charge is 0.379 e. The maximum absolute atomic E-state index is 12.9. The van der Waals surface area contributed by atoms with Crippen LogP contribution < -0.4 is 0 Å². The summed E-state index contributed by atoms with van der Waals surface area (Å²) in [5.41, 5.74) is 2.66. The van der Waals surface area contributed by atoms with Gasteiger partial charge >= 0.3 is 0 Å². The molecule has 150 valence electrons. The number of hydrogen-bond acceptors (Lipinski definition) is 6. The van der Waals surface area contributed by atoms with Crippen molar-refractivity contribution in [1.29, 1.82) is 0 Å². The molecular weight excluding hydrogens is 356 g/mol. The molecular formula is C20H28N6O2. The van der Waals surface area contributed by atoms with Gasteiger partial charge in [-0.15, -0.1) is 5.10 Å². The third kappa shape index (κ3) is 4.23. The van der Waals surface area contributed by atoms with Gasteiger partial charge in [-0.3, -0.25) is 9.69 Å². The average Bonchev–Trinajstić information content (AvgIpc) is 3.18. The van der Waals surface area contributed by atoms with Gasteiger partial charge in [0, 0.05) is 26.6 Å². The first-order chi connectivity index (χ1) is 13.7. The summed E-state index contributed by atoms with van der Waals surface area (Å²) >= 11 is 0. The van der Waals surface area contributed by atoms with Gasteiger partial charge < -0.3 is 9.64 Å². The van der Waals surface area contributed by atoms with Crippen LogP contribution in [0.5, 0.6) is 0 Å². The summed E-state index contributed by atoms with van der Waals surface area (Å²) in [7, 11) is 1.92. The third-order valence-corrected chi connectivity index (χ3v) is 5.81. The van der Waals surface area contributed by atoms with Gasteiger partial charge in [0.2, 0.25) is 5.91 Å². The summed E-state index contributed by atoms with van der Waals surface area (Å²) in [6, 6.07) is 8.65. The number of aryl methyl sites for hydroxylation is 2. The summed E-state index contributed by atoms with van der Waals surface area (Å²) in [6.45, 7) is 4.45. The minimum Gasteiger partial charge on any atom is -0.379 e. The molecule has 1 aromatic carbocycles. The number of carbonyl (C=O) groups is 1. The summed E-state index contributed by atoms with van der Waals surface area (Å²) < 4.78 is 7.15. The molecule has 8 nitrogen and oxygen atoms in total. The van der Waals surface area contributed by atoms with Crippen LogP contribution in [0.25, 0.3) is 0 Å². The number of rotatable bonds is 6. The van der Waals surface area contributed by atoms with Crippen LogP contribution >= 0.6 is 0 Å². The lowest BCUT2D eigenvalue weighted by Gasteiger charge is -2.33. The first-order valence-electron chi connectivity index (χ1n) is 10.1. The van der Waals surface area contributed by atoms with Crippen LogP contribution in [0, 0.1) is 0 Å². The zero-order valence-electron chi connectivity index (χ0n) is 16.5. The summed E-state index contributed by atoms with van der Waals surface area (Å²) in [5.74, 6) is 0.940. The molecule has 1 unspecified atom stereocenters. The van der Waals surface area contributed by atoms with Gasteiger partial charge in [-0.1, -0.05) is 24.3 Å². The predicted octanol–water partition coefficient (Wildman–Crippen LogP) is 1.43. The Balaban J connectivity index is 1.35. The van der Waals surface area contributed by atoms with Crippen LogP contribution in [0.15, 0.2) is 24.3 Å². The van der Waals surface area contributed by atoms with Crippen LogP contribution in [0.1, 0.15) is 42.3 Å². The molecule has 0 N–H and O–H groups in total. The topological polar surface area (TPSA) is 76.4 Å². The van der Waals surface area contributed by atoms with Crippen molar-refractivity contribution in [2.45, 2.75) is 44.8 Å². The lowest BCUT2D eigenvalue weighted by Crippen LogP contribution is -2.36. The van der Waals surface area contributed by atoms with Gasteiger partial charge in [0.15, 0.2) is 5.82 Å². The monoisotopic (exact) mass is 384 g/mol. The molecule has 1 aromatic heterocycles. The number of amides is 1. The van der Waals surface area contributed by atoms with Crippen molar-refractivity contribution in [2.24, 2.45) is 0 Å². The van der Waals surface area contributed by atoms with Crippen LogP contribution in [0.3, 0.4) is 0 Å². The van der Waals surface area contributed by atoms with Gasteiger partial charge in [-0.2, -0.15) is 0 Å². The number of morpholine rings is 1. The number of ether oxygens (including phenoxy) is 1. The molecule has 1 aliphatic carbocycles. The van der Waals surface area contributed by atoms with E-state index in [-0.39, 0.29) is 11.9 Å². The van der Waals surface area contributed by atoms with E-state index in [1.54, 1.807) is 4.68 Å². The van der Waals surface area contributed by atoms with E-state index in [1.807, 2.05) is 11.9 Å². The standard InChI is InChI=1S/C20H28N6O2/c1-24(18-8-4-6-16-5-2-3-7-17(16)18)20(27)9-10-26-19(21-22-23-26)15-25-11-13-28-14-12-25/h2-3,5,7,18H,4,6,8-15H2,1H3. The van der Waals surface area contributed by atoms with E-state index >= 15 is 0 Å². The summed E-state index contributed by atoms with van der Waals surface area (Å²) in [5, 5.41) is 12.0. The second-order valence-corrected chi connectivity index (χ2v) is 7.57. The van der Waals surface area contributed by atoms with E-state index in [9.17, 15) is 4.79 Å². The van der Waals surface area contributed by atoms with Crippen molar-refractivity contribution in [1.82, 2.24) is 30.0 Å². The number of fused-ring (bicyclic) bond motifs is 1. The molecule has 1 atom stereocenters. The molecule has 2 heterocycles. The highest BCUT2D eigenvalue weighted by Gasteiger charge is 2.26. The number of benzene rings is 1. The number of hydrogen-bond donors (Lipinski definition) is 0. The minimum atomic E-state index is 0.134. The van der Waals surface area contributed by atoms with Gasteiger partial charge in [0.25, 0.3) is 0 Å². The Bertz CT molecular complexity index is 801. The Morgan fingerprint density at radius 3 is 2.96 bits per heavy atom. The summed E-state index contributed by atoms with van der Waals surface area (Å²) in [6.07, 6.45) is 3.64. The van der Waals surface area contributed by atoms with Gasteiger partial charge in [0.1, 0.15) is 0 Å². The van der Waals surface area contributed by atoms with Crippen molar-refractivity contribution in [2.75, 3.05) is 33.4 Å². The van der Waals surface area contributed by atoms with Gasteiger partial charge in [-0.25, -0.2) is 4.68 Å². The molecule has 0 bridgehead atoms. The van der Waals surface area contributed by atoms with E-state index in [1.165, 1.54) is 11.1 Å². The van der Waals surface area contributed by atoms with Crippen molar-refractivity contribution in [3.63, 3.8) is 0 Å². The minimum absolute atomic E-state index is 0.134. The predicted molar refractivity (Wildman–Crippen MR) is 103 cm³/mol. The number of carbonyl (C=O) groups excluding carboxylic acids is 1. The normalized spacial score (nSPS) is 20.0. The molecule has 0 saturated carbocycles. The molecule has 0 spiro atoms. The van der Waals surface area contributed by atoms with E-state index < -0.39 is 0 Å². The maximum atomic E-state index is 12.9. The van der Waals surface area contributed by atoms with E-state index in [0.29, 0.717) is 19.5 Å². The highest BCUT2D eigenvalue weighted by Crippen LogP contribution is 2.33. The molecule has 1 fully saturated rings. The number of aromatic nitrogens is 4. The van der Waals surface area contributed by atoms with Gasteiger partial charge in [0.05, 0.1) is 32.3 Å². The zero-order chi connectivity index (χ0) is 19.3. The van der Waals surface area contributed by atoms with E-state index in [4.69, 9.17) is 4.74 Å². The fraction of sp³-hybridized carbons (Fsp3) is 0.600. The Morgan fingerprint density at radius 2 is 2.11 bits per heavy atom. The average molecular weight is 384 g/mol. The Morgan fingerprint density at radius 1 is 1.29 bits per heavy atom. The first kappa shape index (κ1) is 19.0. The molecule has 4 rings (SSSR count). The fourth-order valence-corrected chi connectivity index (χ4v) is 4.15. The second kappa shape index (κ2) is 8.79. The van der Waals surface area contributed by atoms with Crippen molar-refractivity contribution in [3.05, 3.63) is 41.2 Å². The molecule has 2 aromatic rings. The molecule has 0 radical (unpaired) electrons. The Labute approximate surface area is 165 Å². The quantitative estimate of drug-likeness (QED) is 0.750. The third-order valence-electron chi connectivity index (χ3n) is 5.81. The molecule has 2 aliphatic rings. The molecule has 8 heteroatoms. The van der Waals surface area contributed by atoms with Gasteiger partial charge in [-0.05, 0) is 40.8 Å². The van der Waals surface area contributed by atoms with E-state index in [0.717, 1.165) is 51.4 Å². The van der Waals surface area contributed by atoms with Crippen LogP contribution in [-0.4, -0.2) is 69.3 Å². The van der Waals surface area contributed by atoms with Crippen molar-refractivity contribution in [3.8, 4) is 0 Å². The fourth-order valence-electron chi connectivity index (χ4n) is 4.15. The van der Waals surface area contributed by atoms with E-state index in [2.05, 4.69) is 44.7 Å². The lowest BCUT2D eigenvalue weighted by molar-refractivity contribution is -0.132. The first-order valence-corrected chi connectivity index (χ1v) is 10.1. The lowest BCUT2D eigenvalue weighted by atomic mass is 9.87. The maximum Gasteiger partial charge on any atom is 0.224 e. The van der Waals surface area contributed by atoms with Crippen molar-refractivity contribution < 1.29 is 9.53 Å². The molecule has 1 saturated heterocycles. The highest BCUT2D eigenvalue weighted by molar-refractivity contribution is 5.76. The molecule has 1 amide bonds. The smallest absolute Gasteiger partial charge is 0.224 e. The van der Waals surface area contributed by atoms with Crippen LogP contribution in [0.4, 0.5) is 0 Å². The SMILES string of the molecule is CN(C(=O)CCn1nnnc1CN1CCOCC1)C1CCCc2ccccc21. The zero-order valence-corrected chi connectivity index (χ0v) is 16.5. The highest BCUT2D eigenvalue weighted by atomic mass is 16.5. The number of nitrogens with zero attached hydrogens (tertiary/aromatic N) is 6.